The second-order valence-electron chi connectivity index (χ2n) is 3.80. The number of amides is 2. The molecule has 2 N–H and O–H groups in total. The quantitative estimate of drug-likeness (QED) is 0.830. The molecule has 0 spiro atoms. The molecule has 0 aliphatic heterocycles. The molecule has 0 aromatic heterocycles. The maximum absolute atomic E-state index is 13.3. The van der Waals surface area contributed by atoms with Gasteiger partial charge in [0.25, 0.3) is 0 Å². The minimum absolute atomic E-state index is 0.283. The van der Waals surface area contributed by atoms with Crippen LogP contribution in [0, 0.1) is 17.5 Å². The number of rotatable bonds is 3. The molecule has 0 radical (unpaired) electrons. The number of carboxylic acid groups (broad SMARTS) is 1. The predicted molar refractivity (Wildman–Crippen MR) is 60.2 cm³/mol. The summed E-state index contributed by atoms with van der Waals surface area (Å²) in [6.07, 6.45) is 0. The number of carboxylic acids is 1. The molecule has 5 nitrogen and oxygen atoms in total. The molecule has 1 rings (SSSR count). The Hall–Kier alpha value is -2.25. The zero-order valence-corrected chi connectivity index (χ0v) is 10.1. The predicted octanol–water partition coefficient (Wildman–Crippen LogP) is 2.04. The van der Waals surface area contributed by atoms with Crippen molar-refractivity contribution >= 4 is 17.7 Å². The molecule has 2 amide bonds. The van der Waals surface area contributed by atoms with Gasteiger partial charge in [0.15, 0.2) is 11.6 Å². The van der Waals surface area contributed by atoms with E-state index in [1.165, 1.54) is 14.0 Å². The Morgan fingerprint density at radius 3 is 2.26 bits per heavy atom. The van der Waals surface area contributed by atoms with Crippen LogP contribution < -0.4 is 5.32 Å². The molecule has 0 aliphatic rings. The van der Waals surface area contributed by atoms with Gasteiger partial charge in [-0.3, -0.25) is 0 Å². The molecule has 19 heavy (non-hydrogen) atoms. The zero-order chi connectivity index (χ0) is 14.7. The van der Waals surface area contributed by atoms with Gasteiger partial charge in [0, 0.05) is 19.2 Å². The topological polar surface area (TPSA) is 69.6 Å². The van der Waals surface area contributed by atoms with E-state index in [-0.39, 0.29) is 6.07 Å². The monoisotopic (exact) mass is 276 g/mol. The van der Waals surface area contributed by atoms with Gasteiger partial charge in [-0.2, -0.15) is 0 Å². The molecule has 0 aliphatic carbocycles. The van der Waals surface area contributed by atoms with E-state index in [9.17, 15) is 22.8 Å². The highest BCUT2D eigenvalue weighted by Crippen LogP contribution is 2.18. The third-order valence-corrected chi connectivity index (χ3v) is 2.51. The fourth-order valence-corrected chi connectivity index (χ4v) is 1.16. The number of halogens is 3. The molecule has 1 aromatic rings. The number of aliphatic carboxylic acids is 1. The lowest BCUT2D eigenvalue weighted by Crippen LogP contribution is -2.42. The number of hydrogen-bond acceptors (Lipinski definition) is 2. The van der Waals surface area contributed by atoms with Crippen LogP contribution in [0.3, 0.4) is 0 Å². The van der Waals surface area contributed by atoms with Gasteiger partial charge in [-0.15, -0.1) is 0 Å². The summed E-state index contributed by atoms with van der Waals surface area (Å²) in [6.45, 7) is 1.24. The van der Waals surface area contributed by atoms with Crippen LogP contribution in [-0.2, 0) is 4.79 Å². The summed E-state index contributed by atoms with van der Waals surface area (Å²) in [5, 5.41) is 10.7. The fraction of sp³-hybridized carbons (Fsp3) is 0.273. The number of benzene rings is 1. The Kier molecular flexibility index (Phi) is 4.36. The average Bonchev–Trinajstić information content (AvgIpc) is 2.33. The number of hydrogen-bond donors (Lipinski definition) is 2. The normalized spacial score (nSPS) is 11.8. The summed E-state index contributed by atoms with van der Waals surface area (Å²) in [7, 11) is 1.17. The van der Waals surface area contributed by atoms with Crippen LogP contribution >= 0.6 is 0 Å². The van der Waals surface area contributed by atoms with Crippen LogP contribution in [0.5, 0.6) is 0 Å². The first-order valence-corrected chi connectivity index (χ1v) is 5.15. The van der Waals surface area contributed by atoms with Gasteiger partial charge in [-0.25, -0.2) is 22.8 Å². The van der Waals surface area contributed by atoms with Crippen molar-refractivity contribution < 1.29 is 27.9 Å². The van der Waals surface area contributed by atoms with Crippen molar-refractivity contribution in [2.24, 2.45) is 0 Å². The number of likely N-dealkylation sites (N-methyl/N-ethyl adjacent to an activating group) is 1. The lowest BCUT2D eigenvalue weighted by molar-refractivity contribution is -0.141. The standard InChI is InChI=1S/C11H11F3N2O3/c1-5(10(17)18)16(2)11(19)15-9-4-7(13)6(12)3-8(9)14/h3-5H,1-2H3,(H,15,19)(H,17,18). The van der Waals surface area contributed by atoms with Crippen LogP contribution in [-0.4, -0.2) is 35.1 Å². The summed E-state index contributed by atoms with van der Waals surface area (Å²) in [5.74, 6) is -5.14. The van der Waals surface area contributed by atoms with Crippen molar-refractivity contribution in [2.45, 2.75) is 13.0 Å². The molecule has 104 valence electrons. The van der Waals surface area contributed by atoms with E-state index < -0.39 is 41.2 Å². The third kappa shape index (κ3) is 3.36. The van der Waals surface area contributed by atoms with E-state index in [1.807, 2.05) is 5.32 Å². The van der Waals surface area contributed by atoms with Crippen LogP contribution in [0.1, 0.15) is 6.92 Å². The smallest absolute Gasteiger partial charge is 0.326 e. The summed E-state index contributed by atoms with van der Waals surface area (Å²) in [5.41, 5.74) is -0.576. The molecule has 1 unspecified atom stereocenters. The fourth-order valence-electron chi connectivity index (χ4n) is 1.16. The average molecular weight is 276 g/mol. The largest absolute Gasteiger partial charge is 0.480 e. The Labute approximate surface area is 106 Å². The highest BCUT2D eigenvalue weighted by Gasteiger charge is 2.22. The molecule has 0 saturated heterocycles. The molecule has 0 fully saturated rings. The molecule has 8 heteroatoms. The second-order valence-corrected chi connectivity index (χ2v) is 3.80. The van der Waals surface area contributed by atoms with E-state index >= 15 is 0 Å². The Bertz CT molecular complexity index is 522. The van der Waals surface area contributed by atoms with E-state index in [0.717, 1.165) is 4.90 Å². The van der Waals surface area contributed by atoms with Gasteiger partial charge < -0.3 is 15.3 Å². The van der Waals surface area contributed by atoms with Gasteiger partial charge in [-0.05, 0) is 6.92 Å². The van der Waals surface area contributed by atoms with Crippen molar-refractivity contribution in [3.8, 4) is 0 Å². The summed E-state index contributed by atoms with van der Waals surface area (Å²) in [4.78, 5) is 23.0. The second kappa shape index (κ2) is 5.59. The molecule has 1 atom stereocenters. The number of nitrogens with one attached hydrogen (secondary N) is 1. The molecular formula is C11H11F3N2O3. The van der Waals surface area contributed by atoms with Crippen molar-refractivity contribution in [1.29, 1.82) is 0 Å². The first kappa shape index (κ1) is 14.8. The highest BCUT2D eigenvalue weighted by molar-refractivity contribution is 5.92. The molecule has 0 heterocycles. The maximum atomic E-state index is 13.3. The number of anilines is 1. The number of carbonyl (C=O) groups excluding carboxylic acids is 1. The van der Waals surface area contributed by atoms with E-state index in [0.29, 0.717) is 6.07 Å². The van der Waals surface area contributed by atoms with Crippen molar-refractivity contribution in [3.05, 3.63) is 29.6 Å². The van der Waals surface area contributed by atoms with E-state index in [2.05, 4.69) is 0 Å². The Morgan fingerprint density at radius 2 is 1.74 bits per heavy atom. The SMILES string of the molecule is CC(C(=O)O)N(C)C(=O)Nc1cc(F)c(F)cc1F. The van der Waals surface area contributed by atoms with Gasteiger partial charge in [-0.1, -0.05) is 0 Å². The van der Waals surface area contributed by atoms with Gasteiger partial charge >= 0.3 is 12.0 Å². The summed E-state index contributed by atoms with van der Waals surface area (Å²) >= 11 is 0. The van der Waals surface area contributed by atoms with Gasteiger partial charge in [0.05, 0.1) is 5.69 Å². The van der Waals surface area contributed by atoms with E-state index in [1.54, 1.807) is 0 Å². The zero-order valence-electron chi connectivity index (χ0n) is 10.1. The highest BCUT2D eigenvalue weighted by atomic mass is 19.2. The Morgan fingerprint density at radius 1 is 1.21 bits per heavy atom. The number of nitrogens with zero attached hydrogens (tertiary/aromatic N) is 1. The lowest BCUT2D eigenvalue weighted by atomic mass is 10.2. The lowest BCUT2D eigenvalue weighted by Gasteiger charge is -2.22. The third-order valence-electron chi connectivity index (χ3n) is 2.51. The van der Waals surface area contributed by atoms with Crippen molar-refractivity contribution in [2.75, 3.05) is 12.4 Å². The number of urea groups is 1. The van der Waals surface area contributed by atoms with Crippen molar-refractivity contribution in [1.82, 2.24) is 4.90 Å². The molecular weight excluding hydrogens is 265 g/mol. The van der Waals surface area contributed by atoms with Crippen LogP contribution in [0.4, 0.5) is 23.7 Å². The van der Waals surface area contributed by atoms with Crippen molar-refractivity contribution in [3.63, 3.8) is 0 Å². The van der Waals surface area contributed by atoms with Crippen LogP contribution in [0.15, 0.2) is 12.1 Å². The minimum Gasteiger partial charge on any atom is -0.480 e. The number of carbonyl (C=O) groups is 2. The summed E-state index contributed by atoms with van der Waals surface area (Å²) < 4.78 is 38.8. The molecule has 0 saturated carbocycles. The van der Waals surface area contributed by atoms with E-state index in [4.69, 9.17) is 5.11 Å². The first-order valence-electron chi connectivity index (χ1n) is 5.15. The summed E-state index contributed by atoms with van der Waals surface area (Å²) in [6, 6.07) is -1.36. The van der Waals surface area contributed by atoms with Crippen LogP contribution in [0.25, 0.3) is 0 Å². The molecule has 1 aromatic carbocycles. The van der Waals surface area contributed by atoms with Gasteiger partial charge in [0.1, 0.15) is 11.9 Å². The van der Waals surface area contributed by atoms with Gasteiger partial charge in [0.2, 0.25) is 0 Å². The maximum Gasteiger partial charge on any atom is 0.326 e. The molecule has 0 bridgehead atoms. The minimum atomic E-state index is -1.39. The Balaban J connectivity index is 2.88. The van der Waals surface area contributed by atoms with Crippen LogP contribution in [0.2, 0.25) is 0 Å². The first-order chi connectivity index (χ1) is 8.73.